The second-order valence-corrected chi connectivity index (χ2v) is 4.33. The summed E-state index contributed by atoms with van der Waals surface area (Å²) >= 11 is 12.1. The Balaban J connectivity index is 3.18. The van der Waals surface area contributed by atoms with Crippen LogP contribution in [0, 0.1) is 0 Å². The summed E-state index contributed by atoms with van der Waals surface area (Å²) in [6.45, 7) is 1.69. The molecule has 1 aromatic carbocycles. The monoisotopic (exact) mass is 263 g/mol. The largest absolute Gasteiger partial charge is 0.495 e. The normalized spacial score (nSPS) is 14.6. The number of aliphatic hydroxyl groups is 1. The van der Waals surface area contributed by atoms with Gasteiger partial charge < -0.3 is 15.2 Å². The van der Waals surface area contributed by atoms with Crippen molar-refractivity contribution < 1.29 is 9.84 Å². The van der Waals surface area contributed by atoms with E-state index in [1.54, 1.807) is 26.1 Å². The molecule has 90 valence electrons. The van der Waals surface area contributed by atoms with Gasteiger partial charge in [-0.3, -0.25) is 0 Å². The van der Waals surface area contributed by atoms with Crippen molar-refractivity contribution in [2.45, 2.75) is 19.1 Å². The average Bonchev–Trinajstić information content (AvgIpc) is 2.23. The summed E-state index contributed by atoms with van der Waals surface area (Å²) in [5, 5.41) is 13.6. The highest BCUT2D eigenvalue weighted by Gasteiger charge is 2.19. The number of halogens is 2. The Morgan fingerprint density at radius 2 is 1.94 bits per heavy atom. The van der Waals surface area contributed by atoms with Gasteiger partial charge in [-0.15, -0.1) is 0 Å². The lowest BCUT2D eigenvalue weighted by molar-refractivity contribution is 0.150. The summed E-state index contributed by atoms with van der Waals surface area (Å²) in [6.07, 6.45) is -0.563. The van der Waals surface area contributed by atoms with Crippen LogP contribution in [0.5, 0.6) is 5.75 Å². The number of rotatable bonds is 4. The second-order valence-electron chi connectivity index (χ2n) is 3.52. The number of hydrogen-bond acceptors (Lipinski definition) is 3. The molecule has 0 aliphatic heterocycles. The molecule has 0 bridgehead atoms. The maximum atomic E-state index is 9.61. The van der Waals surface area contributed by atoms with Crippen LogP contribution in [-0.2, 0) is 0 Å². The zero-order valence-corrected chi connectivity index (χ0v) is 10.9. The molecule has 0 fully saturated rings. The molecule has 0 aliphatic carbocycles. The molecule has 0 aromatic heterocycles. The van der Waals surface area contributed by atoms with Crippen molar-refractivity contribution in [3.05, 3.63) is 27.7 Å². The van der Waals surface area contributed by atoms with Gasteiger partial charge in [0.1, 0.15) is 5.75 Å². The third kappa shape index (κ3) is 2.80. The molecular weight excluding hydrogens is 249 g/mol. The van der Waals surface area contributed by atoms with Crippen molar-refractivity contribution in [2.75, 3.05) is 14.2 Å². The molecule has 2 N–H and O–H groups in total. The van der Waals surface area contributed by atoms with Crippen LogP contribution in [0.2, 0.25) is 10.0 Å². The summed E-state index contributed by atoms with van der Waals surface area (Å²) in [5.74, 6) is 0.524. The van der Waals surface area contributed by atoms with Crippen molar-refractivity contribution in [3.63, 3.8) is 0 Å². The number of methoxy groups -OCH3 is 1. The zero-order chi connectivity index (χ0) is 12.3. The van der Waals surface area contributed by atoms with Crippen LogP contribution in [0.3, 0.4) is 0 Å². The Labute approximate surface area is 105 Å². The summed E-state index contributed by atoms with van der Waals surface area (Å²) in [7, 11) is 3.29. The molecule has 0 radical (unpaired) electrons. The first-order valence-electron chi connectivity index (χ1n) is 4.89. The third-order valence-electron chi connectivity index (χ3n) is 2.40. The quantitative estimate of drug-likeness (QED) is 0.878. The number of aliphatic hydroxyl groups excluding tert-OH is 1. The zero-order valence-electron chi connectivity index (χ0n) is 9.42. The van der Waals surface area contributed by atoms with Crippen LogP contribution in [-0.4, -0.2) is 25.4 Å². The number of hydrogen-bond donors (Lipinski definition) is 2. The van der Waals surface area contributed by atoms with Gasteiger partial charge in [0.15, 0.2) is 0 Å². The topological polar surface area (TPSA) is 41.5 Å². The van der Waals surface area contributed by atoms with Gasteiger partial charge in [0.05, 0.1) is 24.3 Å². The average molecular weight is 264 g/mol. The van der Waals surface area contributed by atoms with Crippen molar-refractivity contribution in [1.29, 1.82) is 0 Å². The number of nitrogens with one attached hydrogen (secondary N) is 1. The standard InChI is InChI=1S/C11H15Cl2NO2/c1-6(15)11(14-2)7-4-9(13)10(16-3)5-8(7)12/h4-6,11,14-15H,1-3H3. The first-order valence-corrected chi connectivity index (χ1v) is 5.65. The molecule has 1 aromatic rings. The highest BCUT2D eigenvalue weighted by Crippen LogP contribution is 2.34. The van der Waals surface area contributed by atoms with E-state index >= 15 is 0 Å². The Hall–Kier alpha value is -0.480. The predicted octanol–water partition coefficient (Wildman–Crippen LogP) is 2.64. The van der Waals surface area contributed by atoms with E-state index in [1.807, 2.05) is 0 Å². The van der Waals surface area contributed by atoms with Crippen molar-refractivity contribution >= 4 is 23.2 Å². The fourth-order valence-corrected chi connectivity index (χ4v) is 2.12. The van der Waals surface area contributed by atoms with E-state index in [2.05, 4.69) is 5.32 Å². The Bertz CT molecular complexity index is 369. The third-order valence-corrected chi connectivity index (χ3v) is 3.02. The van der Waals surface area contributed by atoms with Crippen LogP contribution in [0.1, 0.15) is 18.5 Å². The van der Waals surface area contributed by atoms with E-state index in [-0.39, 0.29) is 6.04 Å². The van der Waals surface area contributed by atoms with Crippen molar-refractivity contribution in [1.82, 2.24) is 5.32 Å². The molecule has 0 aliphatic rings. The summed E-state index contributed by atoms with van der Waals surface area (Å²) in [6, 6.07) is 3.10. The minimum absolute atomic E-state index is 0.254. The fourth-order valence-electron chi connectivity index (χ4n) is 1.60. The molecule has 0 heterocycles. The van der Waals surface area contributed by atoms with Gasteiger partial charge in [-0.05, 0) is 25.6 Å². The first-order chi connectivity index (χ1) is 7.51. The van der Waals surface area contributed by atoms with Crippen molar-refractivity contribution in [2.24, 2.45) is 0 Å². The minimum Gasteiger partial charge on any atom is -0.495 e. The number of benzene rings is 1. The van der Waals surface area contributed by atoms with Gasteiger partial charge in [-0.25, -0.2) is 0 Å². The van der Waals surface area contributed by atoms with Gasteiger partial charge in [-0.2, -0.15) is 0 Å². The van der Waals surface area contributed by atoms with Gasteiger partial charge in [0.2, 0.25) is 0 Å². The van der Waals surface area contributed by atoms with Crippen molar-refractivity contribution in [3.8, 4) is 5.75 Å². The van der Waals surface area contributed by atoms with E-state index in [0.29, 0.717) is 15.8 Å². The molecular formula is C11H15Cl2NO2. The second kappa shape index (κ2) is 5.73. The maximum Gasteiger partial charge on any atom is 0.138 e. The van der Waals surface area contributed by atoms with Crippen LogP contribution in [0.4, 0.5) is 0 Å². The highest BCUT2D eigenvalue weighted by atomic mass is 35.5. The predicted molar refractivity (Wildman–Crippen MR) is 66.5 cm³/mol. The maximum absolute atomic E-state index is 9.61. The molecule has 2 unspecified atom stereocenters. The smallest absolute Gasteiger partial charge is 0.138 e. The number of ether oxygens (including phenoxy) is 1. The molecule has 0 spiro atoms. The van der Waals surface area contributed by atoms with Gasteiger partial charge in [0, 0.05) is 11.1 Å². The Kier molecular flexibility index (Phi) is 4.87. The Morgan fingerprint density at radius 3 is 2.38 bits per heavy atom. The first kappa shape index (κ1) is 13.6. The molecule has 0 saturated heterocycles. The summed E-state index contributed by atoms with van der Waals surface area (Å²) in [4.78, 5) is 0. The highest BCUT2D eigenvalue weighted by molar-refractivity contribution is 6.34. The molecule has 2 atom stereocenters. The van der Waals surface area contributed by atoms with E-state index in [4.69, 9.17) is 27.9 Å². The SMILES string of the molecule is CNC(c1cc(Cl)c(OC)cc1Cl)C(C)O. The van der Waals surface area contributed by atoms with Crippen LogP contribution in [0.25, 0.3) is 0 Å². The fraction of sp³-hybridized carbons (Fsp3) is 0.455. The van der Waals surface area contributed by atoms with Crippen LogP contribution >= 0.6 is 23.2 Å². The lowest BCUT2D eigenvalue weighted by Gasteiger charge is -2.21. The number of likely N-dealkylation sites (N-methyl/N-ethyl adjacent to an activating group) is 1. The molecule has 0 saturated carbocycles. The van der Waals surface area contributed by atoms with Gasteiger partial charge in [-0.1, -0.05) is 23.2 Å². The van der Waals surface area contributed by atoms with Gasteiger partial charge in [0.25, 0.3) is 0 Å². The summed E-state index contributed by atoms with van der Waals surface area (Å²) in [5.41, 5.74) is 0.755. The molecule has 5 heteroatoms. The molecule has 0 amide bonds. The van der Waals surface area contributed by atoms with Gasteiger partial charge >= 0.3 is 0 Å². The molecule has 1 rings (SSSR count). The van der Waals surface area contributed by atoms with E-state index in [9.17, 15) is 5.11 Å². The van der Waals surface area contributed by atoms with Crippen LogP contribution < -0.4 is 10.1 Å². The lowest BCUT2D eigenvalue weighted by Crippen LogP contribution is -2.27. The van der Waals surface area contributed by atoms with E-state index in [0.717, 1.165) is 5.56 Å². The molecule has 3 nitrogen and oxygen atoms in total. The Morgan fingerprint density at radius 1 is 1.31 bits per heavy atom. The van der Waals surface area contributed by atoms with E-state index < -0.39 is 6.10 Å². The molecule has 16 heavy (non-hydrogen) atoms. The minimum atomic E-state index is -0.563. The summed E-state index contributed by atoms with van der Waals surface area (Å²) < 4.78 is 5.06. The van der Waals surface area contributed by atoms with Crippen LogP contribution in [0.15, 0.2) is 12.1 Å². The lowest BCUT2D eigenvalue weighted by atomic mass is 10.0. The van der Waals surface area contributed by atoms with E-state index in [1.165, 1.54) is 7.11 Å².